The Labute approximate surface area is 257 Å². The molecule has 3 aromatic carbocycles. The van der Waals surface area contributed by atoms with E-state index in [-0.39, 0.29) is 29.3 Å². The van der Waals surface area contributed by atoms with Crippen molar-refractivity contribution in [3.8, 4) is 17.2 Å². The summed E-state index contributed by atoms with van der Waals surface area (Å²) in [7, 11) is 2.93. The van der Waals surface area contributed by atoms with Crippen LogP contribution in [-0.4, -0.2) is 45.6 Å². The van der Waals surface area contributed by atoms with Crippen molar-refractivity contribution in [3.63, 3.8) is 0 Å². The number of methoxy groups -OCH3 is 2. The van der Waals surface area contributed by atoms with Crippen LogP contribution in [0.2, 0.25) is 5.02 Å². The number of nitrogens with zero attached hydrogens (tertiary/aromatic N) is 1. The SMILES string of the molecule is COC(=O)C12CC(COc3cc(NC(C(=O)N4CCc5ccc(OC(F)(F)F)cc54)c4ccc(Cl)cc4)cc(OC)c3)(C1)C2. The minimum absolute atomic E-state index is 0.0650. The molecule has 0 aromatic heterocycles. The van der Waals surface area contributed by atoms with Crippen LogP contribution in [0.15, 0.2) is 60.7 Å². The van der Waals surface area contributed by atoms with Crippen LogP contribution in [0.3, 0.4) is 0 Å². The smallest absolute Gasteiger partial charge is 0.497 e. The number of halogens is 4. The van der Waals surface area contributed by atoms with Crippen molar-refractivity contribution in [2.24, 2.45) is 10.8 Å². The van der Waals surface area contributed by atoms with Gasteiger partial charge in [0.15, 0.2) is 0 Å². The van der Waals surface area contributed by atoms with Crippen LogP contribution in [0, 0.1) is 10.8 Å². The fourth-order valence-corrected chi connectivity index (χ4v) is 6.85. The molecule has 3 aromatic rings. The molecule has 7 rings (SSSR count). The lowest BCUT2D eigenvalue weighted by Crippen LogP contribution is -2.67. The zero-order chi connectivity index (χ0) is 31.3. The molecule has 0 radical (unpaired) electrons. The first-order chi connectivity index (χ1) is 20.9. The molecule has 1 heterocycles. The molecule has 3 fully saturated rings. The summed E-state index contributed by atoms with van der Waals surface area (Å²) in [6.45, 7) is 0.710. The molecule has 2 bridgehead atoms. The van der Waals surface area contributed by atoms with Crippen molar-refractivity contribution in [3.05, 3.63) is 76.8 Å². The first-order valence-electron chi connectivity index (χ1n) is 14.0. The molecule has 1 atom stereocenters. The Morgan fingerprint density at radius 2 is 1.68 bits per heavy atom. The van der Waals surface area contributed by atoms with Gasteiger partial charge in [0.2, 0.25) is 0 Å². The van der Waals surface area contributed by atoms with Gasteiger partial charge in [0.25, 0.3) is 5.91 Å². The number of ether oxygens (including phenoxy) is 4. The van der Waals surface area contributed by atoms with Crippen molar-refractivity contribution < 1.29 is 41.7 Å². The van der Waals surface area contributed by atoms with Crippen molar-refractivity contribution in [1.29, 1.82) is 0 Å². The summed E-state index contributed by atoms with van der Waals surface area (Å²) in [6, 6.07) is 15.1. The van der Waals surface area contributed by atoms with Gasteiger partial charge in [-0.2, -0.15) is 0 Å². The molecule has 4 aliphatic rings. The number of carbonyl (C=O) groups is 2. The second-order valence-corrected chi connectivity index (χ2v) is 12.1. The minimum atomic E-state index is -4.86. The Balaban J connectivity index is 1.24. The highest BCUT2D eigenvalue weighted by molar-refractivity contribution is 6.30. The van der Waals surface area contributed by atoms with Gasteiger partial charge in [-0.1, -0.05) is 29.8 Å². The zero-order valence-electron chi connectivity index (χ0n) is 24.0. The number of fused-ring (bicyclic) bond motifs is 1. The highest BCUT2D eigenvalue weighted by Crippen LogP contribution is 2.73. The quantitative estimate of drug-likeness (QED) is 0.249. The van der Waals surface area contributed by atoms with Gasteiger partial charge in [0.05, 0.1) is 31.9 Å². The number of carbonyl (C=O) groups excluding carboxylic acids is 2. The maximum Gasteiger partial charge on any atom is 0.573 e. The predicted molar refractivity (Wildman–Crippen MR) is 156 cm³/mol. The molecule has 232 valence electrons. The molecule has 1 amide bonds. The van der Waals surface area contributed by atoms with E-state index in [1.165, 1.54) is 31.3 Å². The van der Waals surface area contributed by atoms with Gasteiger partial charge >= 0.3 is 12.3 Å². The highest BCUT2D eigenvalue weighted by atomic mass is 35.5. The molecule has 1 N–H and O–H groups in total. The summed E-state index contributed by atoms with van der Waals surface area (Å²) in [5.74, 6) is 0.0722. The Morgan fingerprint density at radius 1 is 0.977 bits per heavy atom. The van der Waals surface area contributed by atoms with Crippen LogP contribution in [0.4, 0.5) is 24.5 Å². The van der Waals surface area contributed by atoms with Gasteiger partial charge in [0, 0.05) is 46.9 Å². The third kappa shape index (κ3) is 5.72. The maximum atomic E-state index is 14.1. The topological polar surface area (TPSA) is 86.3 Å². The average Bonchev–Trinajstić information content (AvgIpc) is 3.36. The van der Waals surface area contributed by atoms with E-state index in [0.717, 1.165) is 24.8 Å². The molecule has 3 saturated carbocycles. The summed E-state index contributed by atoms with van der Waals surface area (Å²) < 4.78 is 59.5. The lowest BCUT2D eigenvalue weighted by molar-refractivity contribution is -0.274. The van der Waals surface area contributed by atoms with E-state index in [0.29, 0.717) is 46.5 Å². The molecule has 0 saturated heterocycles. The number of rotatable bonds is 10. The van der Waals surface area contributed by atoms with Crippen molar-refractivity contribution >= 4 is 34.9 Å². The number of amides is 1. The van der Waals surface area contributed by atoms with Crippen LogP contribution >= 0.6 is 11.6 Å². The first-order valence-corrected chi connectivity index (χ1v) is 14.4. The van der Waals surface area contributed by atoms with Crippen LogP contribution in [0.25, 0.3) is 0 Å². The van der Waals surface area contributed by atoms with Crippen molar-refractivity contribution in [2.45, 2.75) is 38.1 Å². The molecule has 12 heteroatoms. The Hall–Kier alpha value is -4.12. The summed E-state index contributed by atoms with van der Waals surface area (Å²) in [4.78, 5) is 27.6. The Kier molecular flexibility index (Phi) is 7.55. The van der Waals surface area contributed by atoms with Gasteiger partial charge in [-0.15, -0.1) is 13.2 Å². The average molecular weight is 631 g/mol. The summed E-state index contributed by atoms with van der Waals surface area (Å²) in [6.07, 6.45) is -2.20. The van der Waals surface area contributed by atoms with Gasteiger partial charge < -0.3 is 29.2 Å². The van der Waals surface area contributed by atoms with E-state index in [9.17, 15) is 22.8 Å². The number of nitrogens with one attached hydrogen (secondary N) is 1. The minimum Gasteiger partial charge on any atom is -0.497 e. The number of esters is 1. The molecular weight excluding hydrogens is 601 g/mol. The number of hydrogen-bond acceptors (Lipinski definition) is 7. The summed E-state index contributed by atoms with van der Waals surface area (Å²) in [5.41, 5.74) is 1.79. The standard InChI is InChI=1S/C32H30ClF3N2O6/c1-41-24-11-22(12-25(13-24)43-18-30-15-31(16-30,17-30)29(40)42-2)37-27(20-3-6-21(33)7-4-20)28(39)38-10-9-19-5-8-23(14-26(19)38)44-32(34,35)36/h3-8,11-14,27,37H,9-10,15-18H2,1-2H3. The predicted octanol–water partition coefficient (Wildman–Crippen LogP) is 6.71. The molecular formula is C32H30ClF3N2O6. The van der Waals surface area contributed by atoms with E-state index in [4.69, 9.17) is 25.8 Å². The third-order valence-corrected chi connectivity index (χ3v) is 8.88. The van der Waals surface area contributed by atoms with Gasteiger partial charge in [0.1, 0.15) is 23.3 Å². The second-order valence-electron chi connectivity index (χ2n) is 11.7. The van der Waals surface area contributed by atoms with Crippen LogP contribution in [0.5, 0.6) is 17.2 Å². The summed E-state index contributed by atoms with van der Waals surface area (Å²) in [5, 5.41) is 3.77. The lowest BCUT2D eigenvalue weighted by atomic mass is 9.35. The fourth-order valence-electron chi connectivity index (χ4n) is 6.73. The number of anilines is 2. The number of benzene rings is 3. The van der Waals surface area contributed by atoms with E-state index >= 15 is 0 Å². The van der Waals surface area contributed by atoms with Crippen LogP contribution in [0.1, 0.15) is 36.4 Å². The highest BCUT2D eigenvalue weighted by Gasteiger charge is 2.72. The molecule has 44 heavy (non-hydrogen) atoms. The number of alkyl halides is 3. The number of hydrogen-bond donors (Lipinski definition) is 1. The maximum absolute atomic E-state index is 14.1. The molecule has 1 aliphatic heterocycles. The van der Waals surface area contributed by atoms with Gasteiger partial charge in [-0.25, -0.2) is 0 Å². The molecule has 0 spiro atoms. The first kappa shape index (κ1) is 29.9. The Bertz CT molecular complexity index is 1580. The second kappa shape index (κ2) is 11.1. The van der Waals surface area contributed by atoms with E-state index in [2.05, 4.69) is 10.1 Å². The zero-order valence-corrected chi connectivity index (χ0v) is 24.8. The largest absolute Gasteiger partial charge is 0.573 e. The lowest BCUT2D eigenvalue weighted by Gasteiger charge is -2.68. The van der Waals surface area contributed by atoms with Gasteiger partial charge in [-0.05, 0) is 55.0 Å². The molecule has 1 unspecified atom stereocenters. The van der Waals surface area contributed by atoms with Gasteiger partial charge in [-0.3, -0.25) is 9.59 Å². The van der Waals surface area contributed by atoms with E-state index in [1.54, 1.807) is 48.5 Å². The monoisotopic (exact) mass is 630 g/mol. The molecule has 3 aliphatic carbocycles. The molecule has 8 nitrogen and oxygen atoms in total. The van der Waals surface area contributed by atoms with E-state index < -0.39 is 18.2 Å². The normalized spacial score (nSPS) is 22.2. The fraction of sp³-hybridized carbons (Fsp3) is 0.375. The van der Waals surface area contributed by atoms with Crippen molar-refractivity contribution in [1.82, 2.24) is 0 Å². The van der Waals surface area contributed by atoms with E-state index in [1.807, 2.05) is 0 Å². The van der Waals surface area contributed by atoms with Crippen LogP contribution in [-0.2, 0) is 20.7 Å². The summed E-state index contributed by atoms with van der Waals surface area (Å²) >= 11 is 6.13. The third-order valence-electron chi connectivity index (χ3n) is 8.63. The Morgan fingerprint density at radius 3 is 2.34 bits per heavy atom. The van der Waals surface area contributed by atoms with Crippen LogP contribution < -0.4 is 24.4 Å². The van der Waals surface area contributed by atoms with Crippen molar-refractivity contribution in [2.75, 3.05) is 37.6 Å².